The lowest BCUT2D eigenvalue weighted by molar-refractivity contribution is -0.121. The number of nitrogens with one attached hydrogen (secondary N) is 1. The van der Waals surface area contributed by atoms with Crippen LogP contribution in [0.3, 0.4) is 0 Å². The van der Waals surface area contributed by atoms with E-state index < -0.39 is 6.04 Å². The quantitative estimate of drug-likeness (QED) is 0.781. The molecule has 0 spiro atoms. The molecule has 6 heteroatoms. The maximum atomic E-state index is 13.6. The van der Waals surface area contributed by atoms with E-state index in [1.54, 1.807) is 30.3 Å². The van der Waals surface area contributed by atoms with Gasteiger partial charge in [-0.3, -0.25) is 4.79 Å². The summed E-state index contributed by atoms with van der Waals surface area (Å²) in [6, 6.07) is 11.4. The Morgan fingerprint density at radius 1 is 1.17 bits per heavy atom. The molecule has 2 aromatic carbocycles. The zero-order valence-corrected chi connectivity index (χ0v) is 14.6. The highest BCUT2D eigenvalue weighted by Gasteiger charge is 2.12. The molecule has 0 heterocycles. The molecule has 0 aliphatic heterocycles. The number of carbonyl (C=O) groups excluding carboxylic acids is 1. The summed E-state index contributed by atoms with van der Waals surface area (Å²) < 4.78 is 13.6. The van der Waals surface area contributed by atoms with Crippen molar-refractivity contribution in [1.29, 1.82) is 0 Å². The van der Waals surface area contributed by atoms with Gasteiger partial charge in [-0.1, -0.05) is 47.5 Å². The average Bonchev–Trinajstić information content (AvgIpc) is 2.53. The van der Waals surface area contributed by atoms with Gasteiger partial charge in [0.1, 0.15) is 5.82 Å². The predicted octanol–water partition coefficient (Wildman–Crippen LogP) is 3.75. The molecule has 24 heavy (non-hydrogen) atoms. The molecule has 0 saturated heterocycles. The minimum atomic E-state index is -0.424. The van der Waals surface area contributed by atoms with Gasteiger partial charge in [0.2, 0.25) is 5.91 Å². The van der Waals surface area contributed by atoms with E-state index in [9.17, 15) is 9.18 Å². The standard InChI is InChI=1S/C18H19Cl2FN2O/c19-15-6-5-12(9-16(15)20)7-8-23-18(24)11-14(22)10-13-3-1-2-4-17(13)21/h1-6,9,14H,7-8,10-11,22H2,(H,23,24)/t14-/m1/s1. The van der Waals surface area contributed by atoms with Crippen LogP contribution >= 0.6 is 23.2 Å². The lowest BCUT2D eigenvalue weighted by Gasteiger charge is -2.12. The molecule has 3 N–H and O–H groups in total. The number of hydrogen-bond acceptors (Lipinski definition) is 2. The number of benzene rings is 2. The molecule has 0 aliphatic carbocycles. The van der Waals surface area contributed by atoms with Crippen LogP contribution in [-0.4, -0.2) is 18.5 Å². The van der Waals surface area contributed by atoms with E-state index in [1.807, 2.05) is 6.07 Å². The molecule has 0 aromatic heterocycles. The molecule has 2 rings (SSSR count). The topological polar surface area (TPSA) is 55.1 Å². The van der Waals surface area contributed by atoms with E-state index in [2.05, 4.69) is 5.32 Å². The van der Waals surface area contributed by atoms with E-state index >= 15 is 0 Å². The van der Waals surface area contributed by atoms with Crippen LogP contribution in [0.5, 0.6) is 0 Å². The first kappa shape index (κ1) is 18.7. The SMILES string of the molecule is N[C@@H](CC(=O)NCCc1ccc(Cl)c(Cl)c1)Cc1ccccc1F. The van der Waals surface area contributed by atoms with Crippen LogP contribution in [0.4, 0.5) is 4.39 Å². The Morgan fingerprint density at radius 2 is 1.92 bits per heavy atom. The van der Waals surface area contributed by atoms with Crippen molar-refractivity contribution in [3.8, 4) is 0 Å². The van der Waals surface area contributed by atoms with Crippen LogP contribution in [0.1, 0.15) is 17.5 Å². The fourth-order valence-corrected chi connectivity index (χ4v) is 2.69. The fourth-order valence-electron chi connectivity index (χ4n) is 2.37. The van der Waals surface area contributed by atoms with Crippen molar-refractivity contribution in [3.05, 3.63) is 69.5 Å². The van der Waals surface area contributed by atoms with Gasteiger partial charge in [0.05, 0.1) is 10.0 Å². The van der Waals surface area contributed by atoms with Crippen molar-refractivity contribution in [2.24, 2.45) is 5.73 Å². The Balaban J connectivity index is 1.74. The van der Waals surface area contributed by atoms with Crippen molar-refractivity contribution in [2.75, 3.05) is 6.54 Å². The maximum absolute atomic E-state index is 13.6. The van der Waals surface area contributed by atoms with Gasteiger partial charge in [-0.25, -0.2) is 4.39 Å². The third-order valence-corrected chi connectivity index (χ3v) is 4.35. The van der Waals surface area contributed by atoms with Gasteiger partial charge in [0.25, 0.3) is 0 Å². The zero-order valence-electron chi connectivity index (χ0n) is 13.1. The summed E-state index contributed by atoms with van der Waals surface area (Å²) in [5.74, 6) is -0.452. The molecule has 1 atom stereocenters. The summed E-state index contributed by atoms with van der Waals surface area (Å²) >= 11 is 11.8. The molecule has 0 fully saturated rings. The van der Waals surface area contributed by atoms with Gasteiger partial charge in [-0.2, -0.15) is 0 Å². The molecule has 0 radical (unpaired) electrons. The first-order valence-corrected chi connectivity index (χ1v) is 8.41. The molecule has 0 aliphatic rings. The molecule has 2 aromatic rings. The highest BCUT2D eigenvalue weighted by molar-refractivity contribution is 6.42. The number of carbonyl (C=O) groups is 1. The van der Waals surface area contributed by atoms with E-state index in [0.29, 0.717) is 35.0 Å². The lowest BCUT2D eigenvalue weighted by Crippen LogP contribution is -2.34. The van der Waals surface area contributed by atoms with Crippen LogP contribution in [0.2, 0.25) is 10.0 Å². The Morgan fingerprint density at radius 3 is 2.62 bits per heavy atom. The predicted molar refractivity (Wildman–Crippen MR) is 95.9 cm³/mol. The van der Waals surface area contributed by atoms with Crippen LogP contribution in [-0.2, 0) is 17.6 Å². The van der Waals surface area contributed by atoms with Gasteiger partial charge in [-0.15, -0.1) is 0 Å². The normalized spacial score (nSPS) is 12.0. The molecule has 0 saturated carbocycles. The molecule has 128 valence electrons. The first-order chi connectivity index (χ1) is 11.5. The Kier molecular flexibility index (Phi) is 7.03. The van der Waals surface area contributed by atoms with Gasteiger partial charge in [-0.05, 0) is 42.2 Å². The van der Waals surface area contributed by atoms with E-state index in [1.165, 1.54) is 6.07 Å². The second kappa shape index (κ2) is 9.02. The number of nitrogens with two attached hydrogens (primary N) is 1. The van der Waals surface area contributed by atoms with Gasteiger partial charge in [0.15, 0.2) is 0 Å². The Bertz CT molecular complexity index is 709. The van der Waals surface area contributed by atoms with Gasteiger partial charge >= 0.3 is 0 Å². The second-order valence-corrected chi connectivity index (χ2v) is 6.42. The summed E-state index contributed by atoms with van der Waals surface area (Å²) in [4.78, 5) is 11.9. The Labute approximate surface area is 151 Å². The van der Waals surface area contributed by atoms with E-state index in [0.717, 1.165) is 5.56 Å². The molecule has 0 unspecified atom stereocenters. The minimum absolute atomic E-state index is 0.149. The summed E-state index contributed by atoms with van der Waals surface area (Å²) in [5, 5.41) is 3.80. The number of rotatable bonds is 7. The van der Waals surface area contributed by atoms with Crippen molar-refractivity contribution in [3.63, 3.8) is 0 Å². The zero-order chi connectivity index (χ0) is 17.5. The summed E-state index contributed by atoms with van der Waals surface area (Å²) in [6.45, 7) is 0.475. The second-order valence-electron chi connectivity index (χ2n) is 5.61. The number of hydrogen-bond donors (Lipinski definition) is 2. The lowest BCUT2D eigenvalue weighted by atomic mass is 10.0. The van der Waals surface area contributed by atoms with Gasteiger partial charge < -0.3 is 11.1 Å². The first-order valence-electron chi connectivity index (χ1n) is 7.65. The van der Waals surface area contributed by atoms with E-state index in [-0.39, 0.29) is 18.1 Å². The van der Waals surface area contributed by atoms with Crippen LogP contribution in [0, 0.1) is 5.82 Å². The number of halogens is 3. The Hall–Kier alpha value is -1.62. The van der Waals surface area contributed by atoms with Gasteiger partial charge in [0, 0.05) is 19.0 Å². The van der Waals surface area contributed by atoms with E-state index in [4.69, 9.17) is 28.9 Å². The third kappa shape index (κ3) is 5.78. The third-order valence-electron chi connectivity index (χ3n) is 3.61. The van der Waals surface area contributed by atoms with Crippen molar-refractivity contribution < 1.29 is 9.18 Å². The van der Waals surface area contributed by atoms with Crippen LogP contribution in [0.25, 0.3) is 0 Å². The smallest absolute Gasteiger partial charge is 0.221 e. The maximum Gasteiger partial charge on any atom is 0.221 e. The molecule has 1 amide bonds. The highest BCUT2D eigenvalue weighted by Crippen LogP contribution is 2.22. The van der Waals surface area contributed by atoms with Crippen LogP contribution < -0.4 is 11.1 Å². The summed E-state index contributed by atoms with van der Waals surface area (Å²) in [7, 11) is 0. The molecular weight excluding hydrogens is 350 g/mol. The molecular formula is C18H19Cl2FN2O. The average molecular weight is 369 g/mol. The van der Waals surface area contributed by atoms with Crippen molar-refractivity contribution in [2.45, 2.75) is 25.3 Å². The number of amides is 1. The molecule has 3 nitrogen and oxygen atoms in total. The van der Waals surface area contributed by atoms with Crippen molar-refractivity contribution in [1.82, 2.24) is 5.32 Å². The van der Waals surface area contributed by atoms with Crippen LogP contribution in [0.15, 0.2) is 42.5 Å². The monoisotopic (exact) mass is 368 g/mol. The highest BCUT2D eigenvalue weighted by atomic mass is 35.5. The molecule has 0 bridgehead atoms. The van der Waals surface area contributed by atoms with Crippen molar-refractivity contribution >= 4 is 29.1 Å². The summed E-state index contributed by atoms with van der Waals surface area (Å²) in [5.41, 5.74) is 7.44. The largest absolute Gasteiger partial charge is 0.356 e. The fraction of sp³-hybridized carbons (Fsp3) is 0.278. The minimum Gasteiger partial charge on any atom is -0.356 e. The summed E-state index contributed by atoms with van der Waals surface area (Å²) in [6.07, 6.45) is 1.12.